The van der Waals surface area contributed by atoms with E-state index in [-0.39, 0.29) is 11.9 Å². The number of benzene rings is 1. The van der Waals surface area contributed by atoms with E-state index in [0.29, 0.717) is 21.5 Å². The first-order valence-electron chi connectivity index (χ1n) is 10.1. The lowest BCUT2D eigenvalue weighted by molar-refractivity contribution is 0.624. The molecule has 0 radical (unpaired) electrons. The molecule has 1 aliphatic rings. The summed E-state index contributed by atoms with van der Waals surface area (Å²) in [5, 5.41) is 17.2. The predicted octanol–water partition coefficient (Wildman–Crippen LogP) is 4.43. The fraction of sp³-hybridized carbons (Fsp3) is 0.227. The minimum atomic E-state index is -0.245. The van der Waals surface area contributed by atoms with E-state index in [9.17, 15) is 4.39 Å². The van der Waals surface area contributed by atoms with Gasteiger partial charge in [-0.2, -0.15) is 10.4 Å². The van der Waals surface area contributed by atoms with Crippen LogP contribution >= 0.6 is 11.3 Å². The Balaban J connectivity index is 1.53. The predicted molar refractivity (Wildman–Crippen MR) is 120 cm³/mol. The van der Waals surface area contributed by atoms with Gasteiger partial charge in [-0.15, -0.1) is 0 Å². The average molecular weight is 447 g/mol. The second kappa shape index (κ2) is 8.36. The van der Waals surface area contributed by atoms with Crippen LogP contribution in [0.2, 0.25) is 0 Å². The maximum absolute atomic E-state index is 13.4. The van der Waals surface area contributed by atoms with Crippen LogP contribution in [0, 0.1) is 17.1 Å². The molecule has 1 N–H and O–H groups in total. The highest BCUT2D eigenvalue weighted by Crippen LogP contribution is 2.37. The van der Waals surface area contributed by atoms with Gasteiger partial charge in [0.15, 0.2) is 10.9 Å². The quantitative estimate of drug-likeness (QED) is 0.484. The molecule has 1 saturated heterocycles. The Labute approximate surface area is 188 Å². The molecule has 8 nitrogen and oxygen atoms in total. The van der Waals surface area contributed by atoms with Crippen LogP contribution < -0.4 is 10.2 Å². The monoisotopic (exact) mass is 446 g/mol. The van der Waals surface area contributed by atoms with Gasteiger partial charge in [-0.05, 0) is 30.5 Å². The first-order valence-corrected chi connectivity index (χ1v) is 10.9. The van der Waals surface area contributed by atoms with Crippen LogP contribution in [-0.2, 0) is 7.05 Å². The zero-order valence-electron chi connectivity index (χ0n) is 17.2. The van der Waals surface area contributed by atoms with Crippen molar-refractivity contribution in [2.24, 2.45) is 7.05 Å². The highest BCUT2D eigenvalue weighted by Gasteiger charge is 2.28. The fourth-order valence-corrected chi connectivity index (χ4v) is 4.53. The highest BCUT2D eigenvalue weighted by atomic mass is 32.1. The SMILES string of the molecule is Cn1cc(-c2ncc(N3CCCC3c3ccc(F)cc3)nc2Nc2ncc(C#N)s2)cn1. The van der Waals surface area contributed by atoms with Gasteiger partial charge in [0.05, 0.1) is 24.6 Å². The van der Waals surface area contributed by atoms with E-state index in [1.165, 1.54) is 29.7 Å². The van der Waals surface area contributed by atoms with Crippen molar-refractivity contribution in [2.45, 2.75) is 18.9 Å². The molecule has 0 saturated carbocycles. The molecule has 0 bridgehead atoms. The number of rotatable bonds is 5. The van der Waals surface area contributed by atoms with Gasteiger partial charge in [0.2, 0.25) is 0 Å². The minimum absolute atomic E-state index is 0.104. The molecule has 4 aromatic rings. The van der Waals surface area contributed by atoms with Crippen molar-refractivity contribution in [3.8, 4) is 17.3 Å². The van der Waals surface area contributed by atoms with E-state index >= 15 is 0 Å². The van der Waals surface area contributed by atoms with Gasteiger partial charge in [0, 0.05) is 25.4 Å². The van der Waals surface area contributed by atoms with Crippen molar-refractivity contribution in [2.75, 3.05) is 16.8 Å². The van der Waals surface area contributed by atoms with Gasteiger partial charge in [-0.25, -0.2) is 19.3 Å². The number of hydrogen-bond donors (Lipinski definition) is 1. The summed E-state index contributed by atoms with van der Waals surface area (Å²) < 4.78 is 15.1. The molecule has 32 heavy (non-hydrogen) atoms. The third-order valence-corrected chi connectivity index (χ3v) is 6.20. The Morgan fingerprint density at radius 2 is 2.03 bits per heavy atom. The van der Waals surface area contributed by atoms with Crippen LogP contribution in [0.1, 0.15) is 29.3 Å². The summed E-state index contributed by atoms with van der Waals surface area (Å²) >= 11 is 1.25. The van der Waals surface area contributed by atoms with Crippen LogP contribution in [0.3, 0.4) is 0 Å². The third kappa shape index (κ3) is 3.90. The van der Waals surface area contributed by atoms with Crippen LogP contribution in [-0.4, -0.2) is 31.3 Å². The Morgan fingerprint density at radius 1 is 1.19 bits per heavy atom. The van der Waals surface area contributed by atoms with Gasteiger partial charge < -0.3 is 10.2 Å². The van der Waals surface area contributed by atoms with E-state index in [4.69, 9.17) is 15.2 Å². The molecule has 0 spiro atoms. The zero-order chi connectivity index (χ0) is 22.1. The second-order valence-corrected chi connectivity index (χ2v) is 8.53. The number of halogens is 1. The normalized spacial score (nSPS) is 15.7. The van der Waals surface area contributed by atoms with Crippen LogP contribution in [0.15, 0.2) is 49.1 Å². The number of aryl methyl sites for hydroxylation is 1. The van der Waals surface area contributed by atoms with E-state index in [1.807, 2.05) is 25.4 Å². The minimum Gasteiger partial charge on any atom is -0.348 e. The summed E-state index contributed by atoms with van der Waals surface area (Å²) in [6.45, 7) is 0.832. The maximum atomic E-state index is 13.4. The lowest BCUT2D eigenvalue weighted by Crippen LogP contribution is -2.24. The Kier molecular flexibility index (Phi) is 5.25. The number of anilines is 3. The molecular weight excluding hydrogens is 427 g/mol. The number of thiazole rings is 1. The zero-order valence-corrected chi connectivity index (χ0v) is 18.1. The molecule has 0 aliphatic carbocycles. The van der Waals surface area contributed by atoms with Gasteiger partial charge in [-0.1, -0.05) is 23.5 Å². The van der Waals surface area contributed by atoms with Crippen LogP contribution in [0.25, 0.3) is 11.3 Å². The summed E-state index contributed by atoms with van der Waals surface area (Å²) in [5.41, 5.74) is 2.52. The summed E-state index contributed by atoms with van der Waals surface area (Å²) in [6.07, 6.45) is 8.85. The maximum Gasteiger partial charge on any atom is 0.189 e. The van der Waals surface area contributed by atoms with E-state index in [0.717, 1.165) is 36.3 Å². The van der Waals surface area contributed by atoms with E-state index in [1.54, 1.807) is 17.1 Å². The summed E-state index contributed by atoms with van der Waals surface area (Å²) in [4.78, 5) is 16.6. The summed E-state index contributed by atoms with van der Waals surface area (Å²) in [7, 11) is 1.84. The second-order valence-electron chi connectivity index (χ2n) is 7.50. The highest BCUT2D eigenvalue weighted by molar-refractivity contribution is 7.16. The van der Waals surface area contributed by atoms with Gasteiger partial charge in [-0.3, -0.25) is 4.68 Å². The number of nitrogens with one attached hydrogen (secondary N) is 1. The first kappa shape index (κ1) is 20.1. The molecule has 1 unspecified atom stereocenters. The molecule has 0 amide bonds. The van der Waals surface area contributed by atoms with Crippen molar-refractivity contribution in [3.05, 3.63) is 65.3 Å². The Bertz CT molecular complexity index is 1290. The van der Waals surface area contributed by atoms with Crippen molar-refractivity contribution < 1.29 is 4.39 Å². The summed E-state index contributed by atoms with van der Waals surface area (Å²) in [6, 6.07) is 8.84. The molecule has 1 aromatic carbocycles. The first-order chi connectivity index (χ1) is 15.6. The Morgan fingerprint density at radius 3 is 2.75 bits per heavy atom. The standard InChI is InChI=1S/C22H19FN8S/c1-30-13-15(10-27-30)20-21(29-22-26-11-17(9-24)32-22)28-19(12-25-20)31-8-2-3-18(31)14-4-6-16(23)7-5-14/h4-7,10-13,18H,2-3,8H2,1H3,(H,26,28,29). The van der Waals surface area contributed by atoms with Gasteiger partial charge in [0.25, 0.3) is 0 Å². The topological polar surface area (TPSA) is 95.5 Å². The van der Waals surface area contributed by atoms with E-state index < -0.39 is 0 Å². The van der Waals surface area contributed by atoms with Crippen molar-refractivity contribution in [1.29, 1.82) is 5.26 Å². The number of hydrogen-bond acceptors (Lipinski definition) is 8. The van der Waals surface area contributed by atoms with Crippen molar-refractivity contribution in [3.63, 3.8) is 0 Å². The molecule has 1 aliphatic heterocycles. The fourth-order valence-electron chi connectivity index (χ4n) is 3.92. The molecule has 4 heterocycles. The van der Waals surface area contributed by atoms with Crippen LogP contribution in [0.4, 0.5) is 21.2 Å². The van der Waals surface area contributed by atoms with Crippen molar-refractivity contribution in [1.82, 2.24) is 24.7 Å². The van der Waals surface area contributed by atoms with Crippen molar-refractivity contribution >= 4 is 28.1 Å². The molecule has 5 rings (SSSR count). The van der Waals surface area contributed by atoms with E-state index in [2.05, 4.69) is 26.4 Å². The lowest BCUT2D eigenvalue weighted by Gasteiger charge is -2.26. The molecule has 160 valence electrons. The van der Waals surface area contributed by atoms with Gasteiger partial charge >= 0.3 is 0 Å². The summed E-state index contributed by atoms with van der Waals surface area (Å²) in [5.74, 6) is 1.02. The molecule has 3 aromatic heterocycles. The molecule has 1 atom stereocenters. The lowest BCUT2D eigenvalue weighted by atomic mass is 10.0. The number of nitriles is 1. The number of nitrogens with zero attached hydrogens (tertiary/aromatic N) is 7. The Hall–Kier alpha value is -3.84. The van der Waals surface area contributed by atoms with Gasteiger partial charge in [0.1, 0.15) is 28.3 Å². The average Bonchev–Trinajstić information content (AvgIpc) is 3.55. The molecule has 10 heteroatoms. The number of aromatic nitrogens is 5. The molecule has 1 fully saturated rings. The third-order valence-electron chi connectivity index (χ3n) is 5.38. The van der Waals surface area contributed by atoms with Crippen LogP contribution in [0.5, 0.6) is 0 Å². The smallest absolute Gasteiger partial charge is 0.189 e. The largest absolute Gasteiger partial charge is 0.348 e. The molecular formula is C22H19FN8S.